The van der Waals surface area contributed by atoms with Crippen LogP contribution in [0.2, 0.25) is 0 Å². The van der Waals surface area contributed by atoms with E-state index in [4.69, 9.17) is 5.11 Å². The van der Waals surface area contributed by atoms with E-state index in [2.05, 4.69) is 12.6 Å². The van der Waals surface area contributed by atoms with Crippen molar-refractivity contribution < 1.29 is 18.3 Å². The molecule has 2 rings (SSSR count). The van der Waals surface area contributed by atoms with Gasteiger partial charge in [0, 0.05) is 11.3 Å². The van der Waals surface area contributed by atoms with E-state index in [0.29, 0.717) is 0 Å². The van der Waals surface area contributed by atoms with E-state index in [1.807, 2.05) is 0 Å². The number of rotatable bonds is 2. The summed E-state index contributed by atoms with van der Waals surface area (Å²) in [4.78, 5) is 11.1. The Morgan fingerprint density at radius 3 is 2.62 bits per heavy atom. The van der Waals surface area contributed by atoms with Crippen molar-refractivity contribution in [1.82, 2.24) is 0 Å². The van der Waals surface area contributed by atoms with Crippen LogP contribution in [0.15, 0.2) is 28.0 Å². The molecule has 16 heavy (non-hydrogen) atoms. The van der Waals surface area contributed by atoms with Gasteiger partial charge in [0.05, 0.1) is 15.4 Å². The Balaban J connectivity index is 2.78. The molecule has 0 spiro atoms. The average Bonchev–Trinajstić information content (AvgIpc) is 2.50. The van der Waals surface area contributed by atoms with Crippen molar-refractivity contribution in [2.24, 2.45) is 0 Å². The summed E-state index contributed by atoms with van der Waals surface area (Å²) in [5, 5.41) is 8.93. The second-order valence-electron chi connectivity index (χ2n) is 3.29. The second-order valence-corrected chi connectivity index (χ2v) is 5.58. The lowest BCUT2D eigenvalue weighted by molar-refractivity contribution is 0.0696. The maximum absolute atomic E-state index is 11.9. The van der Waals surface area contributed by atoms with E-state index in [9.17, 15) is 13.2 Å². The molecule has 1 heterocycles. The first kappa shape index (κ1) is 11.2. The zero-order chi connectivity index (χ0) is 11.9. The molecule has 1 aliphatic rings. The minimum absolute atomic E-state index is 0.00198. The van der Waals surface area contributed by atoms with Crippen LogP contribution in [0.5, 0.6) is 0 Å². The second kappa shape index (κ2) is 3.64. The molecule has 0 aliphatic carbocycles. The topological polar surface area (TPSA) is 71.4 Å². The molecule has 0 saturated heterocycles. The minimum Gasteiger partial charge on any atom is -0.478 e. The van der Waals surface area contributed by atoms with Crippen LogP contribution < -0.4 is 0 Å². The van der Waals surface area contributed by atoms with Gasteiger partial charge >= 0.3 is 5.97 Å². The number of thiol groups is 1. The van der Waals surface area contributed by atoms with E-state index in [1.165, 1.54) is 24.3 Å². The number of carboxylic acids is 1. The molecule has 1 aliphatic heterocycles. The molecule has 0 unspecified atom stereocenters. The van der Waals surface area contributed by atoms with E-state index < -0.39 is 15.8 Å². The maximum Gasteiger partial charge on any atom is 0.336 e. The SMILES string of the molecule is O=C(O)c1cccc2c1C=C(CS)S2(=O)=O. The fraction of sp³-hybridized carbons (Fsp3) is 0.100. The third-order valence-corrected chi connectivity index (χ3v) is 4.83. The normalized spacial score (nSPS) is 16.7. The van der Waals surface area contributed by atoms with Gasteiger partial charge in [-0.3, -0.25) is 0 Å². The van der Waals surface area contributed by atoms with Gasteiger partial charge in [0.15, 0.2) is 0 Å². The molecule has 1 aromatic carbocycles. The van der Waals surface area contributed by atoms with E-state index in [1.54, 1.807) is 0 Å². The molecule has 84 valence electrons. The first-order valence-corrected chi connectivity index (χ1v) is 6.53. The van der Waals surface area contributed by atoms with Gasteiger partial charge < -0.3 is 5.11 Å². The van der Waals surface area contributed by atoms with Crippen molar-refractivity contribution >= 4 is 34.5 Å². The summed E-state index contributed by atoms with van der Waals surface area (Å²) in [5.41, 5.74) is 0.247. The number of hydrogen-bond acceptors (Lipinski definition) is 4. The predicted octanol–water partition coefficient (Wildman–Crippen LogP) is 1.44. The minimum atomic E-state index is -3.53. The lowest BCUT2D eigenvalue weighted by Crippen LogP contribution is -2.04. The van der Waals surface area contributed by atoms with Gasteiger partial charge in [-0.25, -0.2) is 13.2 Å². The van der Waals surface area contributed by atoms with Gasteiger partial charge in [-0.05, 0) is 18.2 Å². The quantitative estimate of drug-likeness (QED) is 0.785. The highest BCUT2D eigenvalue weighted by Gasteiger charge is 2.31. The molecule has 1 N–H and O–H groups in total. The molecule has 0 radical (unpaired) electrons. The fourth-order valence-electron chi connectivity index (χ4n) is 1.62. The Kier molecular flexibility index (Phi) is 2.55. The molecule has 6 heteroatoms. The lowest BCUT2D eigenvalue weighted by Gasteiger charge is -2.02. The van der Waals surface area contributed by atoms with Gasteiger partial charge in [-0.1, -0.05) is 6.07 Å². The van der Waals surface area contributed by atoms with Crippen molar-refractivity contribution in [3.63, 3.8) is 0 Å². The van der Waals surface area contributed by atoms with Gasteiger partial charge in [-0.2, -0.15) is 12.6 Å². The summed E-state index contributed by atoms with van der Waals surface area (Å²) in [5.74, 6) is -1.07. The third-order valence-electron chi connectivity index (χ3n) is 2.39. The standard InChI is InChI=1S/C10H8O4S2/c11-10(12)7-2-1-3-9-8(7)4-6(5-15)16(9,13)14/h1-4,15H,5H2,(H,11,12). The summed E-state index contributed by atoms with van der Waals surface area (Å²) in [6.07, 6.45) is 1.38. The Morgan fingerprint density at radius 1 is 1.38 bits per heavy atom. The van der Waals surface area contributed by atoms with Crippen LogP contribution in [0.4, 0.5) is 0 Å². The van der Waals surface area contributed by atoms with Crippen molar-refractivity contribution in [3.05, 3.63) is 34.2 Å². The number of aromatic carboxylic acids is 1. The molecular formula is C10H8O4S2. The number of carboxylic acid groups (broad SMARTS) is 1. The highest BCUT2D eigenvalue weighted by Crippen LogP contribution is 2.35. The molecular weight excluding hydrogens is 248 g/mol. The Hall–Kier alpha value is -1.27. The van der Waals surface area contributed by atoms with Crippen LogP contribution in [0, 0.1) is 0 Å². The van der Waals surface area contributed by atoms with Crippen LogP contribution in [-0.4, -0.2) is 25.2 Å². The van der Waals surface area contributed by atoms with Crippen molar-refractivity contribution in [3.8, 4) is 0 Å². The monoisotopic (exact) mass is 256 g/mol. The first-order valence-electron chi connectivity index (χ1n) is 4.41. The first-order chi connectivity index (χ1) is 7.48. The molecule has 0 amide bonds. The van der Waals surface area contributed by atoms with Crippen LogP contribution in [0.3, 0.4) is 0 Å². The van der Waals surface area contributed by atoms with Crippen molar-refractivity contribution in [2.45, 2.75) is 4.90 Å². The summed E-state index contributed by atoms with van der Waals surface area (Å²) in [6, 6.07) is 4.22. The van der Waals surface area contributed by atoms with Gasteiger partial charge in [-0.15, -0.1) is 0 Å². The Morgan fingerprint density at radius 2 is 2.06 bits per heavy atom. The molecule has 1 aromatic rings. The summed E-state index contributed by atoms with van der Waals surface area (Å²) < 4.78 is 23.8. The van der Waals surface area contributed by atoms with Crippen LogP contribution in [0.25, 0.3) is 6.08 Å². The smallest absolute Gasteiger partial charge is 0.336 e. The predicted molar refractivity (Wildman–Crippen MR) is 62.4 cm³/mol. The number of hydrogen-bond donors (Lipinski definition) is 2. The number of sulfone groups is 1. The zero-order valence-corrected chi connectivity index (χ0v) is 9.75. The highest BCUT2D eigenvalue weighted by atomic mass is 32.2. The Labute approximate surface area is 97.9 Å². The Bertz CT molecular complexity index is 599. The van der Waals surface area contributed by atoms with Gasteiger partial charge in [0.1, 0.15) is 0 Å². The number of fused-ring (bicyclic) bond motifs is 1. The number of carbonyl (C=O) groups is 1. The van der Waals surface area contributed by atoms with Crippen LogP contribution >= 0.6 is 12.6 Å². The maximum atomic E-state index is 11.9. The average molecular weight is 256 g/mol. The molecule has 4 nitrogen and oxygen atoms in total. The van der Waals surface area contributed by atoms with E-state index in [-0.39, 0.29) is 26.7 Å². The number of benzene rings is 1. The molecule has 0 atom stereocenters. The van der Waals surface area contributed by atoms with Crippen molar-refractivity contribution in [2.75, 3.05) is 5.75 Å². The largest absolute Gasteiger partial charge is 0.478 e. The third kappa shape index (κ3) is 1.45. The molecule has 0 bridgehead atoms. The fourth-order valence-corrected chi connectivity index (χ4v) is 3.67. The summed E-state index contributed by atoms with van der Waals surface area (Å²) in [6.45, 7) is 0. The van der Waals surface area contributed by atoms with Gasteiger partial charge in [0.25, 0.3) is 0 Å². The highest BCUT2D eigenvalue weighted by molar-refractivity contribution is 7.97. The van der Waals surface area contributed by atoms with Crippen LogP contribution in [0.1, 0.15) is 15.9 Å². The summed E-state index contributed by atoms with van der Waals surface area (Å²) in [7, 11) is -3.53. The molecule has 0 aromatic heterocycles. The molecule has 0 saturated carbocycles. The lowest BCUT2D eigenvalue weighted by atomic mass is 10.1. The zero-order valence-electron chi connectivity index (χ0n) is 8.04. The van der Waals surface area contributed by atoms with Gasteiger partial charge in [0.2, 0.25) is 9.84 Å². The van der Waals surface area contributed by atoms with Crippen molar-refractivity contribution in [1.29, 1.82) is 0 Å². The molecule has 0 fully saturated rings. The van der Waals surface area contributed by atoms with E-state index >= 15 is 0 Å². The van der Waals surface area contributed by atoms with Crippen LogP contribution in [-0.2, 0) is 9.84 Å². The van der Waals surface area contributed by atoms with E-state index in [0.717, 1.165) is 0 Å². The summed E-state index contributed by atoms with van der Waals surface area (Å²) >= 11 is 3.92.